The highest BCUT2D eigenvalue weighted by molar-refractivity contribution is 5.41. The van der Waals surface area contributed by atoms with Crippen molar-refractivity contribution in [3.8, 4) is 11.5 Å². The van der Waals surface area contributed by atoms with E-state index in [0.717, 1.165) is 23.5 Å². The number of hydrogen-bond donors (Lipinski definition) is 1. The smallest absolute Gasteiger partial charge is 0.122 e. The van der Waals surface area contributed by atoms with E-state index in [1.807, 2.05) is 30.3 Å². The van der Waals surface area contributed by atoms with Gasteiger partial charge in [0.25, 0.3) is 0 Å². The molecule has 2 aromatic rings. The Kier molecular flexibility index (Phi) is 4.86. The molecule has 0 aliphatic rings. The SMILES string of the molecule is COc1cccc(CC(C)(CN)c2ccccc2OC)c1. The number of para-hydroxylation sites is 1. The fourth-order valence-corrected chi connectivity index (χ4v) is 2.65. The number of benzene rings is 2. The lowest BCUT2D eigenvalue weighted by atomic mass is 9.77. The topological polar surface area (TPSA) is 44.5 Å². The third kappa shape index (κ3) is 3.37. The van der Waals surface area contributed by atoms with Crippen LogP contribution in [0.15, 0.2) is 48.5 Å². The largest absolute Gasteiger partial charge is 0.497 e. The highest BCUT2D eigenvalue weighted by Crippen LogP contribution is 2.34. The average molecular weight is 285 g/mol. The summed E-state index contributed by atoms with van der Waals surface area (Å²) in [4.78, 5) is 0. The summed E-state index contributed by atoms with van der Waals surface area (Å²) in [5, 5.41) is 0. The Morgan fingerprint density at radius 2 is 1.76 bits per heavy atom. The van der Waals surface area contributed by atoms with Crippen LogP contribution in [0.3, 0.4) is 0 Å². The van der Waals surface area contributed by atoms with Crippen LogP contribution in [0, 0.1) is 0 Å². The van der Waals surface area contributed by atoms with E-state index in [2.05, 4.69) is 25.1 Å². The van der Waals surface area contributed by atoms with E-state index < -0.39 is 0 Å². The van der Waals surface area contributed by atoms with Gasteiger partial charge in [0.1, 0.15) is 11.5 Å². The van der Waals surface area contributed by atoms with Crippen molar-refractivity contribution in [2.24, 2.45) is 5.73 Å². The molecule has 0 aliphatic heterocycles. The molecular weight excluding hydrogens is 262 g/mol. The lowest BCUT2D eigenvalue weighted by Crippen LogP contribution is -2.34. The molecule has 0 fully saturated rings. The molecule has 2 N–H and O–H groups in total. The van der Waals surface area contributed by atoms with Crippen LogP contribution in [0.25, 0.3) is 0 Å². The summed E-state index contributed by atoms with van der Waals surface area (Å²) in [6, 6.07) is 16.2. The van der Waals surface area contributed by atoms with E-state index in [1.54, 1.807) is 14.2 Å². The zero-order chi connectivity index (χ0) is 15.3. The predicted octanol–water partition coefficient (Wildman–Crippen LogP) is 3.16. The molecule has 0 amide bonds. The summed E-state index contributed by atoms with van der Waals surface area (Å²) in [6.45, 7) is 2.72. The highest BCUT2D eigenvalue weighted by atomic mass is 16.5. The molecule has 0 aromatic heterocycles. The van der Waals surface area contributed by atoms with Gasteiger partial charge in [0.05, 0.1) is 14.2 Å². The molecule has 0 radical (unpaired) electrons. The van der Waals surface area contributed by atoms with Crippen LogP contribution >= 0.6 is 0 Å². The monoisotopic (exact) mass is 285 g/mol. The third-order valence-electron chi connectivity index (χ3n) is 3.94. The maximum absolute atomic E-state index is 6.09. The van der Waals surface area contributed by atoms with E-state index in [1.165, 1.54) is 5.56 Å². The summed E-state index contributed by atoms with van der Waals surface area (Å²) in [6.07, 6.45) is 0.834. The predicted molar refractivity (Wildman–Crippen MR) is 86.1 cm³/mol. The minimum atomic E-state index is -0.182. The number of ether oxygens (including phenoxy) is 2. The Labute approximate surface area is 126 Å². The molecule has 0 aliphatic carbocycles. The number of rotatable bonds is 6. The summed E-state index contributed by atoms with van der Waals surface area (Å²) >= 11 is 0. The van der Waals surface area contributed by atoms with Gasteiger partial charge in [-0.1, -0.05) is 37.3 Å². The Hall–Kier alpha value is -2.00. The van der Waals surface area contributed by atoms with Crippen molar-refractivity contribution in [2.45, 2.75) is 18.8 Å². The van der Waals surface area contributed by atoms with Crippen molar-refractivity contribution in [2.75, 3.05) is 20.8 Å². The van der Waals surface area contributed by atoms with Crippen LogP contribution in [0.2, 0.25) is 0 Å². The molecule has 0 saturated carbocycles. The van der Waals surface area contributed by atoms with Gasteiger partial charge < -0.3 is 15.2 Å². The average Bonchev–Trinajstić information content (AvgIpc) is 2.54. The molecule has 0 heterocycles. The molecule has 3 nitrogen and oxygen atoms in total. The summed E-state index contributed by atoms with van der Waals surface area (Å²) in [5.74, 6) is 1.75. The van der Waals surface area contributed by atoms with Crippen molar-refractivity contribution in [3.05, 3.63) is 59.7 Å². The van der Waals surface area contributed by atoms with Gasteiger partial charge in [-0.05, 0) is 30.2 Å². The molecule has 21 heavy (non-hydrogen) atoms. The molecule has 0 spiro atoms. The molecule has 1 unspecified atom stereocenters. The van der Waals surface area contributed by atoms with Gasteiger partial charge >= 0.3 is 0 Å². The lowest BCUT2D eigenvalue weighted by molar-refractivity contribution is 0.384. The van der Waals surface area contributed by atoms with Crippen LogP contribution in [-0.2, 0) is 11.8 Å². The minimum absolute atomic E-state index is 0.182. The first-order valence-electron chi connectivity index (χ1n) is 7.09. The number of hydrogen-bond acceptors (Lipinski definition) is 3. The lowest BCUT2D eigenvalue weighted by Gasteiger charge is -2.30. The first kappa shape index (κ1) is 15.4. The summed E-state index contributed by atoms with van der Waals surface area (Å²) in [5.41, 5.74) is 8.25. The van der Waals surface area contributed by atoms with Crippen molar-refractivity contribution in [1.29, 1.82) is 0 Å². The van der Waals surface area contributed by atoms with E-state index in [0.29, 0.717) is 6.54 Å². The summed E-state index contributed by atoms with van der Waals surface area (Å²) < 4.78 is 10.8. The molecule has 112 valence electrons. The molecule has 1 atom stereocenters. The first-order valence-corrected chi connectivity index (χ1v) is 7.09. The van der Waals surface area contributed by atoms with Crippen LogP contribution in [0.5, 0.6) is 11.5 Å². The van der Waals surface area contributed by atoms with Gasteiger partial charge in [0, 0.05) is 17.5 Å². The van der Waals surface area contributed by atoms with Crippen LogP contribution in [0.1, 0.15) is 18.1 Å². The van der Waals surface area contributed by atoms with Crippen LogP contribution < -0.4 is 15.2 Å². The van der Waals surface area contributed by atoms with Crippen molar-refractivity contribution in [1.82, 2.24) is 0 Å². The normalized spacial score (nSPS) is 13.5. The standard InChI is InChI=1S/C18H23NO2/c1-18(13-19,16-9-4-5-10-17(16)21-3)12-14-7-6-8-15(11-14)20-2/h4-11H,12-13,19H2,1-3H3. The van der Waals surface area contributed by atoms with E-state index in [4.69, 9.17) is 15.2 Å². The number of nitrogens with two attached hydrogens (primary N) is 1. The molecule has 3 heteroatoms. The second-order valence-electron chi connectivity index (χ2n) is 5.49. The van der Waals surface area contributed by atoms with E-state index in [-0.39, 0.29) is 5.41 Å². The maximum Gasteiger partial charge on any atom is 0.122 e. The van der Waals surface area contributed by atoms with Crippen LogP contribution in [0.4, 0.5) is 0 Å². The minimum Gasteiger partial charge on any atom is -0.497 e. The van der Waals surface area contributed by atoms with E-state index in [9.17, 15) is 0 Å². The Morgan fingerprint density at radius 3 is 2.43 bits per heavy atom. The second kappa shape index (κ2) is 6.64. The van der Waals surface area contributed by atoms with E-state index >= 15 is 0 Å². The van der Waals surface area contributed by atoms with Gasteiger partial charge in [-0.15, -0.1) is 0 Å². The molecule has 0 bridgehead atoms. The summed E-state index contributed by atoms with van der Waals surface area (Å²) in [7, 11) is 3.38. The zero-order valence-corrected chi connectivity index (χ0v) is 12.9. The molecule has 2 rings (SSSR count). The molecular formula is C18H23NO2. The maximum atomic E-state index is 6.09. The van der Waals surface area contributed by atoms with Gasteiger partial charge in [0.2, 0.25) is 0 Å². The highest BCUT2D eigenvalue weighted by Gasteiger charge is 2.28. The van der Waals surface area contributed by atoms with Gasteiger partial charge in [-0.25, -0.2) is 0 Å². The van der Waals surface area contributed by atoms with Gasteiger partial charge in [0.15, 0.2) is 0 Å². The Bertz CT molecular complexity index is 597. The fraction of sp³-hybridized carbons (Fsp3) is 0.333. The Balaban J connectivity index is 2.36. The molecule has 0 saturated heterocycles. The Morgan fingerprint density at radius 1 is 1.00 bits per heavy atom. The molecule has 2 aromatic carbocycles. The van der Waals surface area contributed by atoms with Gasteiger partial charge in [-0.3, -0.25) is 0 Å². The third-order valence-corrected chi connectivity index (χ3v) is 3.94. The van der Waals surface area contributed by atoms with Crippen molar-refractivity contribution < 1.29 is 9.47 Å². The second-order valence-corrected chi connectivity index (χ2v) is 5.49. The number of methoxy groups -OCH3 is 2. The van der Waals surface area contributed by atoms with Crippen molar-refractivity contribution >= 4 is 0 Å². The van der Waals surface area contributed by atoms with Crippen molar-refractivity contribution in [3.63, 3.8) is 0 Å². The zero-order valence-electron chi connectivity index (χ0n) is 12.9. The fourth-order valence-electron chi connectivity index (χ4n) is 2.65. The van der Waals surface area contributed by atoms with Gasteiger partial charge in [-0.2, -0.15) is 0 Å². The van der Waals surface area contributed by atoms with Crippen LogP contribution in [-0.4, -0.2) is 20.8 Å². The first-order chi connectivity index (χ1) is 10.1. The quantitative estimate of drug-likeness (QED) is 0.886.